The Labute approximate surface area is 106 Å². The minimum Gasteiger partial charge on any atom is -0.352 e. The number of hydrogen-bond acceptors (Lipinski definition) is 3. The Morgan fingerprint density at radius 2 is 1.94 bits per heavy atom. The maximum Gasteiger partial charge on any atom is 0.220 e. The van der Waals surface area contributed by atoms with Gasteiger partial charge in [-0.3, -0.25) is 14.8 Å². The summed E-state index contributed by atoms with van der Waals surface area (Å²) in [6.45, 7) is 4.61. The third kappa shape index (κ3) is 3.26. The fourth-order valence-electron chi connectivity index (χ4n) is 1.76. The van der Waals surface area contributed by atoms with Gasteiger partial charge in [-0.25, -0.2) is 0 Å². The van der Waals surface area contributed by atoms with Crippen molar-refractivity contribution >= 4 is 16.9 Å². The summed E-state index contributed by atoms with van der Waals surface area (Å²) in [4.78, 5) is 20.0. The molecule has 0 unspecified atom stereocenters. The second-order valence-corrected chi connectivity index (χ2v) is 4.75. The van der Waals surface area contributed by atoms with Gasteiger partial charge in [0.25, 0.3) is 0 Å². The average Bonchev–Trinajstić information content (AvgIpc) is 2.35. The fraction of sp³-hybridized carbons (Fsp3) is 0.357. The second kappa shape index (κ2) is 5.58. The lowest BCUT2D eigenvalue weighted by atomic mass is 10.1. The molecule has 2 rings (SSSR count). The zero-order chi connectivity index (χ0) is 13.0. The van der Waals surface area contributed by atoms with E-state index in [1.807, 2.05) is 32.0 Å². The summed E-state index contributed by atoms with van der Waals surface area (Å²) in [5.41, 5.74) is 2.77. The number of nitrogens with one attached hydrogen (secondary N) is 1. The zero-order valence-corrected chi connectivity index (χ0v) is 10.7. The van der Waals surface area contributed by atoms with E-state index in [1.54, 1.807) is 12.4 Å². The van der Waals surface area contributed by atoms with Crippen molar-refractivity contribution in [2.45, 2.75) is 26.8 Å². The van der Waals surface area contributed by atoms with Crippen molar-refractivity contribution in [3.8, 4) is 0 Å². The van der Waals surface area contributed by atoms with Gasteiger partial charge in [0.2, 0.25) is 5.91 Å². The van der Waals surface area contributed by atoms with Gasteiger partial charge in [-0.15, -0.1) is 0 Å². The van der Waals surface area contributed by atoms with Gasteiger partial charge in [-0.05, 0) is 23.6 Å². The van der Waals surface area contributed by atoms with Crippen LogP contribution in [0.1, 0.15) is 25.8 Å². The van der Waals surface area contributed by atoms with Crippen LogP contribution in [0.25, 0.3) is 11.0 Å². The Balaban J connectivity index is 2.01. The summed E-state index contributed by atoms with van der Waals surface area (Å²) in [7, 11) is 0. The van der Waals surface area contributed by atoms with Gasteiger partial charge < -0.3 is 5.32 Å². The van der Waals surface area contributed by atoms with Crippen LogP contribution in [0.2, 0.25) is 0 Å². The molecule has 0 saturated heterocycles. The summed E-state index contributed by atoms with van der Waals surface area (Å²) >= 11 is 0. The fourth-order valence-corrected chi connectivity index (χ4v) is 1.76. The number of nitrogens with zero attached hydrogens (tertiary/aromatic N) is 2. The highest BCUT2D eigenvalue weighted by Gasteiger charge is 2.04. The molecule has 1 heterocycles. The van der Waals surface area contributed by atoms with Crippen molar-refractivity contribution in [2.75, 3.05) is 0 Å². The minimum absolute atomic E-state index is 0.0873. The Morgan fingerprint density at radius 1 is 1.22 bits per heavy atom. The van der Waals surface area contributed by atoms with Crippen LogP contribution in [0.3, 0.4) is 0 Å². The molecular formula is C14H17N3O. The molecular weight excluding hydrogens is 226 g/mol. The molecule has 0 atom stereocenters. The van der Waals surface area contributed by atoms with Crippen LogP contribution in [0.15, 0.2) is 30.6 Å². The van der Waals surface area contributed by atoms with E-state index < -0.39 is 0 Å². The number of rotatable bonds is 4. The Morgan fingerprint density at radius 3 is 2.67 bits per heavy atom. The molecule has 0 fully saturated rings. The first-order valence-corrected chi connectivity index (χ1v) is 6.11. The maximum absolute atomic E-state index is 11.6. The van der Waals surface area contributed by atoms with E-state index in [9.17, 15) is 4.79 Å². The van der Waals surface area contributed by atoms with Crippen LogP contribution < -0.4 is 5.32 Å². The standard InChI is InChI=1S/C14H17N3O/c1-10(2)7-14(18)17-9-11-3-4-12-13(8-11)16-6-5-15-12/h3-6,8,10H,7,9H2,1-2H3,(H,17,18). The lowest BCUT2D eigenvalue weighted by Gasteiger charge is -2.07. The molecule has 1 N–H and O–H groups in total. The van der Waals surface area contributed by atoms with E-state index >= 15 is 0 Å². The monoisotopic (exact) mass is 243 g/mol. The van der Waals surface area contributed by atoms with E-state index in [4.69, 9.17) is 0 Å². The molecule has 4 nitrogen and oxygen atoms in total. The van der Waals surface area contributed by atoms with Crippen molar-refractivity contribution in [1.82, 2.24) is 15.3 Å². The Kier molecular flexibility index (Phi) is 3.87. The van der Waals surface area contributed by atoms with Crippen molar-refractivity contribution < 1.29 is 4.79 Å². The first-order valence-electron chi connectivity index (χ1n) is 6.11. The van der Waals surface area contributed by atoms with E-state index in [2.05, 4.69) is 15.3 Å². The average molecular weight is 243 g/mol. The van der Waals surface area contributed by atoms with Gasteiger partial charge >= 0.3 is 0 Å². The highest BCUT2D eigenvalue weighted by Crippen LogP contribution is 2.10. The predicted molar refractivity (Wildman–Crippen MR) is 70.8 cm³/mol. The quantitative estimate of drug-likeness (QED) is 0.896. The molecule has 1 aromatic heterocycles. The SMILES string of the molecule is CC(C)CC(=O)NCc1ccc2nccnc2c1. The molecule has 0 aliphatic carbocycles. The number of benzene rings is 1. The van der Waals surface area contributed by atoms with Crippen LogP contribution >= 0.6 is 0 Å². The smallest absolute Gasteiger partial charge is 0.220 e. The van der Waals surface area contributed by atoms with Gasteiger partial charge in [-0.2, -0.15) is 0 Å². The van der Waals surface area contributed by atoms with Crippen molar-refractivity contribution in [3.05, 3.63) is 36.2 Å². The normalized spacial score (nSPS) is 10.8. The first kappa shape index (κ1) is 12.5. The zero-order valence-electron chi connectivity index (χ0n) is 10.7. The molecule has 4 heteroatoms. The molecule has 0 spiro atoms. The van der Waals surface area contributed by atoms with Gasteiger partial charge in [0, 0.05) is 25.4 Å². The molecule has 2 aromatic rings. The van der Waals surface area contributed by atoms with Crippen LogP contribution in [-0.2, 0) is 11.3 Å². The summed E-state index contributed by atoms with van der Waals surface area (Å²) in [5, 5.41) is 2.91. The Hall–Kier alpha value is -1.97. The molecule has 0 radical (unpaired) electrons. The maximum atomic E-state index is 11.6. The van der Waals surface area contributed by atoms with Crippen LogP contribution in [0.4, 0.5) is 0 Å². The Bertz CT molecular complexity index is 551. The van der Waals surface area contributed by atoms with Crippen LogP contribution in [0, 0.1) is 5.92 Å². The highest BCUT2D eigenvalue weighted by atomic mass is 16.1. The van der Waals surface area contributed by atoms with E-state index in [0.717, 1.165) is 16.6 Å². The first-order chi connectivity index (χ1) is 8.65. The van der Waals surface area contributed by atoms with Crippen molar-refractivity contribution in [1.29, 1.82) is 0 Å². The van der Waals surface area contributed by atoms with Crippen molar-refractivity contribution in [2.24, 2.45) is 5.92 Å². The van der Waals surface area contributed by atoms with Crippen LogP contribution in [-0.4, -0.2) is 15.9 Å². The molecule has 94 valence electrons. The second-order valence-electron chi connectivity index (χ2n) is 4.75. The van der Waals surface area contributed by atoms with E-state index in [1.165, 1.54) is 0 Å². The number of hydrogen-bond donors (Lipinski definition) is 1. The minimum atomic E-state index is 0.0873. The molecule has 1 aromatic carbocycles. The summed E-state index contributed by atoms with van der Waals surface area (Å²) in [6, 6.07) is 5.84. The third-order valence-corrected chi connectivity index (χ3v) is 2.62. The lowest BCUT2D eigenvalue weighted by molar-refractivity contribution is -0.121. The number of carbonyl (C=O) groups excluding carboxylic acids is 1. The third-order valence-electron chi connectivity index (χ3n) is 2.62. The summed E-state index contributed by atoms with van der Waals surface area (Å²) in [6.07, 6.45) is 3.91. The topological polar surface area (TPSA) is 54.9 Å². The predicted octanol–water partition coefficient (Wildman–Crippen LogP) is 2.29. The molecule has 18 heavy (non-hydrogen) atoms. The number of aromatic nitrogens is 2. The van der Waals surface area contributed by atoms with Gasteiger partial charge in [0.15, 0.2) is 0 Å². The molecule has 0 aliphatic heterocycles. The van der Waals surface area contributed by atoms with Gasteiger partial charge in [0.05, 0.1) is 11.0 Å². The highest BCUT2D eigenvalue weighted by molar-refractivity contribution is 5.77. The summed E-state index contributed by atoms with van der Waals surface area (Å²) in [5.74, 6) is 0.469. The number of fused-ring (bicyclic) bond motifs is 1. The summed E-state index contributed by atoms with van der Waals surface area (Å²) < 4.78 is 0. The molecule has 0 saturated carbocycles. The molecule has 0 aliphatic rings. The largest absolute Gasteiger partial charge is 0.352 e. The van der Waals surface area contributed by atoms with Gasteiger partial charge in [0.1, 0.15) is 0 Å². The molecule has 1 amide bonds. The number of amides is 1. The van der Waals surface area contributed by atoms with E-state index in [-0.39, 0.29) is 5.91 Å². The van der Waals surface area contributed by atoms with E-state index in [0.29, 0.717) is 18.9 Å². The lowest BCUT2D eigenvalue weighted by Crippen LogP contribution is -2.23. The number of carbonyl (C=O) groups is 1. The van der Waals surface area contributed by atoms with Crippen LogP contribution in [0.5, 0.6) is 0 Å². The molecule has 0 bridgehead atoms. The van der Waals surface area contributed by atoms with Gasteiger partial charge in [-0.1, -0.05) is 19.9 Å². The van der Waals surface area contributed by atoms with Crippen molar-refractivity contribution in [3.63, 3.8) is 0 Å².